The monoisotopic (exact) mass is 263 g/mol. The molecule has 96 valence electrons. The lowest BCUT2D eigenvalue weighted by molar-refractivity contribution is 0.139. The van der Waals surface area contributed by atoms with Crippen molar-refractivity contribution in [1.82, 2.24) is 14.5 Å². The molecule has 0 spiro atoms. The van der Waals surface area contributed by atoms with Crippen molar-refractivity contribution in [3.63, 3.8) is 0 Å². The summed E-state index contributed by atoms with van der Waals surface area (Å²) in [6, 6.07) is 3.84. The van der Waals surface area contributed by atoms with E-state index < -0.39 is 0 Å². The van der Waals surface area contributed by atoms with E-state index in [4.69, 9.17) is 17.0 Å². The molecule has 0 amide bonds. The topological polar surface area (TPSA) is 42.8 Å². The molecule has 18 heavy (non-hydrogen) atoms. The van der Waals surface area contributed by atoms with Crippen LogP contribution in [0.5, 0.6) is 5.88 Å². The fraction of sp³-hybridized carbons (Fsp3) is 0.538. The van der Waals surface area contributed by atoms with Crippen molar-refractivity contribution >= 4 is 23.4 Å². The molecule has 0 radical (unpaired) electrons. The first-order chi connectivity index (χ1) is 8.70. The quantitative estimate of drug-likeness (QED) is 0.863. The summed E-state index contributed by atoms with van der Waals surface area (Å²) in [4.78, 5) is 7.80. The second-order valence-electron chi connectivity index (χ2n) is 4.92. The van der Waals surface area contributed by atoms with Crippen molar-refractivity contribution in [2.45, 2.75) is 38.1 Å². The van der Waals surface area contributed by atoms with Crippen LogP contribution in [0.1, 0.15) is 32.6 Å². The number of nitrogens with one attached hydrogen (secondary N) is 1. The molecule has 1 aliphatic carbocycles. The van der Waals surface area contributed by atoms with Gasteiger partial charge in [-0.1, -0.05) is 6.92 Å². The van der Waals surface area contributed by atoms with Crippen molar-refractivity contribution in [1.29, 1.82) is 0 Å². The van der Waals surface area contributed by atoms with E-state index in [1.807, 2.05) is 12.1 Å². The van der Waals surface area contributed by atoms with Gasteiger partial charge < -0.3 is 9.72 Å². The highest BCUT2D eigenvalue weighted by Crippen LogP contribution is 2.43. The van der Waals surface area contributed by atoms with Crippen molar-refractivity contribution in [2.24, 2.45) is 0 Å². The number of imidazole rings is 1. The van der Waals surface area contributed by atoms with Crippen LogP contribution in [-0.4, -0.2) is 21.6 Å². The highest BCUT2D eigenvalue weighted by molar-refractivity contribution is 7.71. The van der Waals surface area contributed by atoms with E-state index in [1.165, 1.54) is 19.3 Å². The van der Waals surface area contributed by atoms with E-state index >= 15 is 0 Å². The Balaban J connectivity index is 2.27. The minimum atomic E-state index is 0.161. The zero-order valence-electron chi connectivity index (χ0n) is 10.7. The molecule has 1 fully saturated rings. The first-order valence-electron chi connectivity index (χ1n) is 6.36. The SMILES string of the molecule is CCC1(n2c(=S)[nH]c3ccc(OC)nc32)CCC1. The average Bonchev–Trinajstić information content (AvgIpc) is 2.65. The lowest BCUT2D eigenvalue weighted by Crippen LogP contribution is -2.40. The Bertz CT molecular complexity index is 634. The number of pyridine rings is 1. The number of nitrogens with zero attached hydrogens (tertiary/aromatic N) is 2. The van der Waals surface area contributed by atoms with E-state index in [0.29, 0.717) is 5.88 Å². The van der Waals surface area contributed by atoms with Gasteiger partial charge in [-0.05, 0) is 44.0 Å². The van der Waals surface area contributed by atoms with Gasteiger partial charge in [0.1, 0.15) is 0 Å². The third kappa shape index (κ3) is 1.50. The fourth-order valence-electron chi connectivity index (χ4n) is 2.84. The Labute approximate surface area is 111 Å². The van der Waals surface area contributed by atoms with Crippen LogP contribution in [0.15, 0.2) is 12.1 Å². The van der Waals surface area contributed by atoms with Gasteiger partial charge in [0.2, 0.25) is 5.88 Å². The minimum Gasteiger partial charge on any atom is -0.481 e. The highest BCUT2D eigenvalue weighted by atomic mass is 32.1. The number of ether oxygens (including phenoxy) is 1. The van der Waals surface area contributed by atoms with E-state index in [9.17, 15) is 0 Å². The van der Waals surface area contributed by atoms with Gasteiger partial charge >= 0.3 is 0 Å². The normalized spacial score (nSPS) is 17.7. The summed E-state index contributed by atoms with van der Waals surface area (Å²) in [5.74, 6) is 0.635. The van der Waals surface area contributed by atoms with Gasteiger partial charge in [-0.15, -0.1) is 0 Å². The van der Waals surface area contributed by atoms with Crippen LogP contribution >= 0.6 is 12.2 Å². The average molecular weight is 263 g/mol. The molecule has 1 N–H and O–H groups in total. The molecule has 3 rings (SSSR count). The number of fused-ring (bicyclic) bond motifs is 1. The van der Waals surface area contributed by atoms with E-state index in [2.05, 4.69) is 21.5 Å². The highest BCUT2D eigenvalue weighted by Gasteiger charge is 2.38. The Hall–Kier alpha value is -1.36. The second-order valence-corrected chi connectivity index (χ2v) is 5.31. The summed E-state index contributed by atoms with van der Waals surface area (Å²) in [6.07, 6.45) is 4.73. The van der Waals surface area contributed by atoms with Crippen LogP contribution in [-0.2, 0) is 5.54 Å². The summed E-state index contributed by atoms with van der Waals surface area (Å²) in [7, 11) is 1.64. The molecule has 0 aromatic carbocycles. The predicted molar refractivity (Wildman–Crippen MR) is 73.6 cm³/mol. The summed E-state index contributed by atoms with van der Waals surface area (Å²) < 4.78 is 8.18. The third-order valence-electron chi connectivity index (χ3n) is 4.13. The van der Waals surface area contributed by atoms with Crippen LogP contribution in [0, 0.1) is 4.77 Å². The second kappa shape index (κ2) is 4.09. The number of aromatic nitrogens is 3. The van der Waals surface area contributed by atoms with Crippen molar-refractivity contribution < 1.29 is 4.74 Å². The number of hydrogen-bond acceptors (Lipinski definition) is 3. The Morgan fingerprint density at radius 2 is 2.28 bits per heavy atom. The number of methoxy groups -OCH3 is 1. The number of H-pyrrole nitrogens is 1. The standard InChI is InChI=1S/C13H17N3OS/c1-3-13(7-4-8-13)16-11-9(14-12(16)18)5-6-10(15-11)17-2/h5-6H,3-4,7-8H2,1-2H3,(H,14,18). The largest absolute Gasteiger partial charge is 0.481 e. The van der Waals surface area contributed by atoms with Crippen molar-refractivity contribution in [2.75, 3.05) is 7.11 Å². The molecule has 2 aromatic heterocycles. The zero-order valence-corrected chi connectivity index (χ0v) is 11.5. The van der Waals surface area contributed by atoms with Gasteiger partial charge in [0.05, 0.1) is 12.6 Å². The minimum absolute atomic E-state index is 0.161. The van der Waals surface area contributed by atoms with Gasteiger partial charge in [-0.25, -0.2) is 0 Å². The van der Waals surface area contributed by atoms with Gasteiger partial charge in [-0.2, -0.15) is 4.98 Å². The van der Waals surface area contributed by atoms with Crippen LogP contribution in [0.2, 0.25) is 0 Å². The van der Waals surface area contributed by atoms with Crippen LogP contribution in [0.4, 0.5) is 0 Å². The smallest absolute Gasteiger partial charge is 0.215 e. The lowest BCUT2D eigenvalue weighted by Gasteiger charge is -2.42. The molecule has 0 saturated heterocycles. The molecule has 1 saturated carbocycles. The number of aromatic amines is 1. The lowest BCUT2D eigenvalue weighted by atomic mass is 9.74. The Kier molecular flexibility index (Phi) is 2.66. The van der Waals surface area contributed by atoms with Gasteiger partial charge in [0.15, 0.2) is 10.4 Å². The molecule has 5 heteroatoms. The van der Waals surface area contributed by atoms with Gasteiger partial charge in [0.25, 0.3) is 0 Å². The maximum atomic E-state index is 5.47. The Morgan fingerprint density at radius 1 is 1.50 bits per heavy atom. The van der Waals surface area contributed by atoms with E-state index in [0.717, 1.165) is 22.4 Å². The van der Waals surface area contributed by atoms with Crippen LogP contribution < -0.4 is 4.74 Å². The Morgan fingerprint density at radius 3 is 2.83 bits per heavy atom. The van der Waals surface area contributed by atoms with Gasteiger partial charge in [0, 0.05) is 11.6 Å². The zero-order chi connectivity index (χ0) is 12.8. The summed E-state index contributed by atoms with van der Waals surface area (Å²) >= 11 is 5.47. The summed E-state index contributed by atoms with van der Waals surface area (Å²) in [6.45, 7) is 2.22. The molecular formula is C13H17N3OS. The van der Waals surface area contributed by atoms with E-state index in [1.54, 1.807) is 7.11 Å². The molecular weight excluding hydrogens is 246 g/mol. The summed E-state index contributed by atoms with van der Waals surface area (Å²) in [5, 5.41) is 0. The predicted octanol–water partition coefficient (Wildman–Crippen LogP) is 3.39. The molecule has 2 aromatic rings. The molecule has 0 unspecified atom stereocenters. The van der Waals surface area contributed by atoms with Crippen molar-refractivity contribution in [3.05, 3.63) is 16.9 Å². The number of hydrogen-bond donors (Lipinski definition) is 1. The molecule has 2 heterocycles. The molecule has 0 bridgehead atoms. The number of rotatable bonds is 3. The summed E-state index contributed by atoms with van der Waals surface area (Å²) in [5.41, 5.74) is 2.07. The molecule has 0 aliphatic heterocycles. The van der Waals surface area contributed by atoms with Gasteiger partial charge in [-0.3, -0.25) is 4.57 Å². The first kappa shape index (κ1) is 11.7. The third-order valence-corrected chi connectivity index (χ3v) is 4.42. The van der Waals surface area contributed by atoms with Crippen LogP contribution in [0.3, 0.4) is 0 Å². The molecule has 0 atom stereocenters. The van der Waals surface area contributed by atoms with E-state index in [-0.39, 0.29) is 5.54 Å². The van der Waals surface area contributed by atoms with Crippen LogP contribution in [0.25, 0.3) is 11.2 Å². The fourth-order valence-corrected chi connectivity index (χ4v) is 3.23. The maximum absolute atomic E-state index is 5.47. The first-order valence-corrected chi connectivity index (χ1v) is 6.77. The maximum Gasteiger partial charge on any atom is 0.215 e. The molecule has 4 nitrogen and oxygen atoms in total. The molecule has 1 aliphatic rings. The van der Waals surface area contributed by atoms with Crippen molar-refractivity contribution in [3.8, 4) is 5.88 Å².